The Balaban J connectivity index is 1.72. The predicted octanol–water partition coefficient (Wildman–Crippen LogP) is 3.78. The average molecular weight is 412 g/mol. The van der Waals surface area contributed by atoms with Crippen molar-refractivity contribution in [2.24, 2.45) is 0 Å². The first-order chi connectivity index (χ1) is 14.1. The van der Waals surface area contributed by atoms with Crippen molar-refractivity contribution in [3.8, 4) is 0 Å². The number of hydrogen-bond donors (Lipinski definition) is 3. The van der Waals surface area contributed by atoms with Crippen LogP contribution in [0.4, 0.5) is 10.5 Å². The molecular weight excluding hydrogens is 382 g/mol. The number of rotatable bonds is 7. The van der Waals surface area contributed by atoms with Crippen LogP contribution in [0.2, 0.25) is 0 Å². The zero-order valence-corrected chi connectivity index (χ0v) is 17.9. The summed E-state index contributed by atoms with van der Waals surface area (Å²) in [7, 11) is 0. The second-order valence-corrected chi connectivity index (χ2v) is 7.97. The maximum absolute atomic E-state index is 12.2. The Morgan fingerprint density at radius 2 is 1.53 bits per heavy atom. The molecule has 0 radical (unpaired) electrons. The Hall–Kier alpha value is -3.35. The van der Waals surface area contributed by atoms with Crippen molar-refractivity contribution in [1.29, 1.82) is 0 Å². The van der Waals surface area contributed by atoms with E-state index in [-0.39, 0.29) is 24.8 Å². The van der Waals surface area contributed by atoms with Gasteiger partial charge in [0.2, 0.25) is 5.91 Å². The number of alkyl carbamates (subject to hydrolysis) is 1. The van der Waals surface area contributed by atoms with E-state index in [1.165, 1.54) is 0 Å². The van der Waals surface area contributed by atoms with Gasteiger partial charge in [0.25, 0.3) is 5.91 Å². The summed E-state index contributed by atoms with van der Waals surface area (Å²) in [4.78, 5) is 35.7. The minimum atomic E-state index is -0.571. The molecule has 0 aliphatic carbocycles. The lowest BCUT2D eigenvalue weighted by molar-refractivity contribution is -0.121. The molecule has 0 heterocycles. The van der Waals surface area contributed by atoms with Gasteiger partial charge in [-0.1, -0.05) is 29.8 Å². The van der Waals surface area contributed by atoms with Crippen LogP contribution in [0.5, 0.6) is 0 Å². The molecule has 0 saturated carbocycles. The Labute approximate surface area is 177 Å². The van der Waals surface area contributed by atoms with Crippen LogP contribution in [0.1, 0.15) is 48.7 Å². The number of ether oxygens (including phenoxy) is 1. The second kappa shape index (κ2) is 10.4. The van der Waals surface area contributed by atoms with Gasteiger partial charge >= 0.3 is 6.09 Å². The van der Waals surface area contributed by atoms with Gasteiger partial charge in [0.1, 0.15) is 5.60 Å². The molecule has 160 valence electrons. The van der Waals surface area contributed by atoms with Gasteiger partial charge in [0, 0.05) is 30.8 Å². The highest BCUT2D eigenvalue weighted by molar-refractivity contribution is 6.04. The molecule has 3 amide bonds. The quantitative estimate of drug-likeness (QED) is 0.646. The van der Waals surface area contributed by atoms with Crippen molar-refractivity contribution in [2.75, 3.05) is 11.9 Å². The number of aryl methyl sites for hydroxylation is 1. The molecule has 3 N–H and O–H groups in total. The highest BCUT2D eigenvalue weighted by Gasteiger charge is 2.15. The fourth-order valence-electron chi connectivity index (χ4n) is 2.50. The van der Waals surface area contributed by atoms with Crippen LogP contribution in [-0.2, 0) is 16.1 Å². The summed E-state index contributed by atoms with van der Waals surface area (Å²) in [6, 6.07) is 14.6. The smallest absolute Gasteiger partial charge is 0.407 e. The van der Waals surface area contributed by atoms with Crippen molar-refractivity contribution in [3.05, 3.63) is 65.2 Å². The topological polar surface area (TPSA) is 96.5 Å². The summed E-state index contributed by atoms with van der Waals surface area (Å²) < 4.78 is 5.11. The van der Waals surface area contributed by atoms with Gasteiger partial charge in [-0.3, -0.25) is 9.59 Å². The monoisotopic (exact) mass is 411 g/mol. The van der Waals surface area contributed by atoms with E-state index >= 15 is 0 Å². The first-order valence-corrected chi connectivity index (χ1v) is 9.83. The van der Waals surface area contributed by atoms with Gasteiger partial charge in [-0.25, -0.2) is 4.79 Å². The van der Waals surface area contributed by atoms with Crippen LogP contribution >= 0.6 is 0 Å². The summed E-state index contributed by atoms with van der Waals surface area (Å²) in [5, 5.41) is 8.19. The van der Waals surface area contributed by atoms with Crippen molar-refractivity contribution in [1.82, 2.24) is 10.6 Å². The van der Waals surface area contributed by atoms with Crippen molar-refractivity contribution in [3.63, 3.8) is 0 Å². The molecule has 2 rings (SSSR count). The molecule has 0 saturated heterocycles. The molecule has 0 bridgehead atoms. The van der Waals surface area contributed by atoms with Crippen LogP contribution in [0.3, 0.4) is 0 Å². The van der Waals surface area contributed by atoms with E-state index in [1.807, 2.05) is 31.2 Å². The normalized spacial score (nSPS) is 10.8. The molecule has 30 heavy (non-hydrogen) atoms. The van der Waals surface area contributed by atoms with Gasteiger partial charge in [0.15, 0.2) is 0 Å². The van der Waals surface area contributed by atoms with Crippen molar-refractivity contribution < 1.29 is 19.1 Å². The van der Waals surface area contributed by atoms with Gasteiger partial charge in [-0.2, -0.15) is 0 Å². The molecule has 0 unspecified atom stereocenters. The third-order valence-electron chi connectivity index (χ3n) is 4.04. The van der Waals surface area contributed by atoms with Crippen LogP contribution in [0.15, 0.2) is 48.5 Å². The minimum Gasteiger partial charge on any atom is -0.444 e. The van der Waals surface area contributed by atoms with Crippen LogP contribution < -0.4 is 16.0 Å². The zero-order chi connectivity index (χ0) is 22.1. The Bertz CT molecular complexity index is 869. The maximum atomic E-state index is 12.2. The maximum Gasteiger partial charge on any atom is 0.407 e. The van der Waals surface area contributed by atoms with Gasteiger partial charge in [-0.15, -0.1) is 0 Å². The van der Waals surface area contributed by atoms with E-state index in [2.05, 4.69) is 16.0 Å². The van der Waals surface area contributed by atoms with Gasteiger partial charge in [0.05, 0.1) is 0 Å². The van der Waals surface area contributed by atoms with E-state index in [0.717, 1.165) is 11.1 Å². The Morgan fingerprint density at radius 1 is 0.900 bits per heavy atom. The van der Waals surface area contributed by atoms with Crippen LogP contribution in [0, 0.1) is 6.92 Å². The standard InChI is InChI=1S/C23H29N3O4/c1-16-5-9-18(10-6-16)21(28)26-19-11-7-17(8-12-19)15-25-20(27)13-14-24-22(29)30-23(2,3)4/h5-12H,13-15H2,1-4H3,(H,24,29)(H,25,27)(H,26,28). The molecule has 2 aromatic carbocycles. The lowest BCUT2D eigenvalue weighted by Gasteiger charge is -2.19. The molecule has 0 aliphatic rings. The largest absolute Gasteiger partial charge is 0.444 e. The summed E-state index contributed by atoms with van der Waals surface area (Å²) in [6.45, 7) is 7.86. The number of nitrogens with one attached hydrogen (secondary N) is 3. The highest BCUT2D eigenvalue weighted by Crippen LogP contribution is 2.12. The molecule has 0 aromatic heterocycles. The number of anilines is 1. The molecular formula is C23H29N3O4. The number of benzene rings is 2. The summed E-state index contributed by atoms with van der Waals surface area (Å²) >= 11 is 0. The molecule has 7 nitrogen and oxygen atoms in total. The summed E-state index contributed by atoms with van der Waals surface area (Å²) in [5.41, 5.74) is 2.70. The molecule has 2 aromatic rings. The third-order valence-corrected chi connectivity index (χ3v) is 4.04. The lowest BCUT2D eigenvalue weighted by Crippen LogP contribution is -2.35. The number of carbonyl (C=O) groups excluding carboxylic acids is 3. The van der Waals surface area contributed by atoms with Crippen LogP contribution in [0.25, 0.3) is 0 Å². The summed E-state index contributed by atoms with van der Waals surface area (Å²) in [5.74, 6) is -0.351. The highest BCUT2D eigenvalue weighted by atomic mass is 16.6. The van der Waals surface area contributed by atoms with Gasteiger partial charge < -0.3 is 20.7 Å². The Kier molecular flexibility index (Phi) is 7.98. The first-order valence-electron chi connectivity index (χ1n) is 9.83. The van der Waals surface area contributed by atoms with E-state index in [1.54, 1.807) is 45.0 Å². The molecule has 0 spiro atoms. The van der Waals surface area contributed by atoms with Crippen LogP contribution in [-0.4, -0.2) is 30.1 Å². The van der Waals surface area contributed by atoms with Crippen molar-refractivity contribution in [2.45, 2.75) is 46.3 Å². The second-order valence-electron chi connectivity index (χ2n) is 7.97. The van der Waals surface area contributed by atoms with Gasteiger partial charge in [-0.05, 0) is 57.5 Å². The zero-order valence-electron chi connectivity index (χ0n) is 17.9. The SMILES string of the molecule is Cc1ccc(C(=O)Nc2ccc(CNC(=O)CCNC(=O)OC(C)(C)C)cc2)cc1. The average Bonchev–Trinajstić information content (AvgIpc) is 2.66. The predicted molar refractivity (Wildman–Crippen MR) is 116 cm³/mol. The number of hydrogen-bond acceptors (Lipinski definition) is 4. The summed E-state index contributed by atoms with van der Waals surface area (Å²) in [6.07, 6.45) is -0.386. The van der Waals surface area contributed by atoms with Crippen molar-refractivity contribution >= 4 is 23.6 Å². The fourth-order valence-corrected chi connectivity index (χ4v) is 2.50. The van der Waals surface area contributed by atoms with E-state index < -0.39 is 11.7 Å². The number of carbonyl (C=O) groups is 3. The molecule has 0 atom stereocenters. The Morgan fingerprint density at radius 3 is 2.13 bits per heavy atom. The molecule has 0 aliphatic heterocycles. The fraction of sp³-hybridized carbons (Fsp3) is 0.348. The third kappa shape index (κ3) is 8.34. The lowest BCUT2D eigenvalue weighted by atomic mass is 10.1. The first kappa shape index (κ1) is 22.9. The van der Waals surface area contributed by atoms with E-state index in [0.29, 0.717) is 17.8 Å². The molecule has 0 fully saturated rings. The number of amides is 3. The molecule has 7 heteroatoms. The minimum absolute atomic E-state index is 0.157. The van der Waals surface area contributed by atoms with E-state index in [9.17, 15) is 14.4 Å². The van der Waals surface area contributed by atoms with E-state index in [4.69, 9.17) is 4.74 Å².